The molecule has 5 rings (SSSR count). The van der Waals surface area contributed by atoms with Gasteiger partial charge < -0.3 is 19.7 Å². The molecule has 0 radical (unpaired) electrons. The van der Waals surface area contributed by atoms with E-state index in [1.54, 1.807) is 4.90 Å². The van der Waals surface area contributed by atoms with E-state index < -0.39 is 11.8 Å². The number of ether oxygens (including phenoxy) is 2. The zero-order valence-electron chi connectivity index (χ0n) is 19.4. The molecule has 2 unspecified atom stereocenters. The van der Waals surface area contributed by atoms with Gasteiger partial charge in [-0.15, -0.1) is 0 Å². The van der Waals surface area contributed by atoms with Crippen molar-refractivity contribution >= 4 is 17.5 Å². The summed E-state index contributed by atoms with van der Waals surface area (Å²) in [5.74, 6) is 0.592. The van der Waals surface area contributed by atoms with Crippen molar-refractivity contribution in [3.63, 3.8) is 0 Å². The molecule has 1 saturated carbocycles. The molecule has 2 aromatic rings. The molecule has 174 valence electrons. The standard InChI is InChI=1S/C27H32N2O4/c1-3-18(2)26(31)29-17-20-10-6-5-9-19(20)15-22(29)25(30)28-21-11-12-23-24(16-21)33-27(32-23)13-7-4-8-14-27/h5-6,9-12,16,18,22H,3-4,7-8,13-15,17H2,1-2H3,(H,28,30). The van der Waals surface area contributed by atoms with Gasteiger partial charge in [0.05, 0.1) is 0 Å². The van der Waals surface area contributed by atoms with Gasteiger partial charge in [-0.1, -0.05) is 44.5 Å². The maximum atomic E-state index is 13.4. The monoisotopic (exact) mass is 448 g/mol. The Hall–Kier alpha value is -3.02. The Morgan fingerprint density at radius 3 is 2.55 bits per heavy atom. The number of nitrogens with one attached hydrogen (secondary N) is 1. The lowest BCUT2D eigenvalue weighted by molar-refractivity contribution is -0.143. The summed E-state index contributed by atoms with van der Waals surface area (Å²) in [6.45, 7) is 4.39. The average molecular weight is 449 g/mol. The summed E-state index contributed by atoms with van der Waals surface area (Å²) in [6, 6.07) is 13.1. The first kappa shape index (κ1) is 21.8. The van der Waals surface area contributed by atoms with Gasteiger partial charge in [0.15, 0.2) is 11.5 Å². The summed E-state index contributed by atoms with van der Waals surface area (Å²) >= 11 is 0. The van der Waals surface area contributed by atoms with Gasteiger partial charge in [-0.05, 0) is 42.5 Å². The Morgan fingerprint density at radius 1 is 1.06 bits per heavy atom. The van der Waals surface area contributed by atoms with Crippen LogP contribution in [-0.4, -0.2) is 28.5 Å². The van der Waals surface area contributed by atoms with E-state index in [2.05, 4.69) is 5.32 Å². The molecule has 6 nitrogen and oxygen atoms in total. The highest BCUT2D eigenvalue weighted by Crippen LogP contribution is 2.46. The third-order valence-corrected chi connectivity index (χ3v) is 7.29. The van der Waals surface area contributed by atoms with Crippen molar-refractivity contribution in [3.05, 3.63) is 53.6 Å². The number of benzene rings is 2. The first-order chi connectivity index (χ1) is 16.0. The van der Waals surface area contributed by atoms with E-state index in [1.807, 2.05) is 56.3 Å². The summed E-state index contributed by atoms with van der Waals surface area (Å²) in [7, 11) is 0. The number of amides is 2. The number of anilines is 1. The molecule has 33 heavy (non-hydrogen) atoms. The van der Waals surface area contributed by atoms with Crippen LogP contribution in [0.2, 0.25) is 0 Å². The van der Waals surface area contributed by atoms with Crippen molar-refractivity contribution in [1.82, 2.24) is 4.90 Å². The Labute approximate surface area is 195 Å². The zero-order valence-corrected chi connectivity index (χ0v) is 19.4. The van der Waals surface area contributed by atoms with Crippen molar-refractivity contribution in [2.45, 2.75) is 77.2 Å². The largest absolute Gasteiger partial charge is 0.448 e. The van der Waals surface area contributed by atoms with E-state index in [0.717, 1.165) is 49.0 Å². The quantitative estimate of drug-likeness (QED) is 0.710. The maximum Gasteiger partial charge on any atom is 0.251 e. The lowest BCUT2D eigenvalue weighted by Gasteiger charge is -2.37. The van der Waals surface area contributed by atoms with Gasteiger partial charge in [-0.2, -0.15) is 0 Å². The highest BCUT2D eigenvalue weighted by molar-refractivity contribution is 5.98. The van der Waals surface area contributed by atoms with Crippen LogP contribution in [0.15, 0.2) is 42.5 Å². The molecule has 2 atom stereocenters. The molecular weight excluding hydrogens is 416 g/mol. The highest BCUT2D eigenvalue weighted by Gasteiger charge is 2.42. The van der Waals surface area contributed by atoms with Crippen LogP contribution >= 0.6 is 0 Å². The van der Waals surface area contributed by atoms with Crippen LogP contribution in [0.3, 0.4) is 0 Å². The number of carbonyl (C=O) groups excluding carboxylic acids is 2. The van der Waals surface area contributed by atoms with Gasteiger partial charge in [0.1, 0.15) is 6.04 Å². The van der Waals surface area contributed by atoms with E-state index in [-0.39, 0.29) is 17.7 Å². The number of hydrogen-bond acceptors (Lipinski definition) is 4. The Kier molecular flexibility index (Phi) is 5.77. The minimum atomic E-state index is -0.546. The molecule has 3 aliphatic rings. The lowest BCUT2D eigenvalue weighted by atomic mass is 9.92. The smallest absolute Gasteiger partial charge is 0.251 e. The van der Waals surface area contributed by atoms with Crippen molar-refractivity contribution in [1.29, 1.82) is 0 Å². The number of hydrogen-bond donors (Lipinski definition) is 1. The average Bonchev–Trinajstić information content (AvgIpc) is 3.18. The summed E-state index contributed by atoms with van der Waals surface area (Å²) in [5, 5.41) is 3.04. The van der Waals surface area contributed by atoms with E-state index in [9.17, 15) is 9.59 Å². The van der Waals surface area contributed by atoms with Gasteiger partial charge in [0.2, 0.25) is 11.8 Å². The second kappa shape index (κ2) is 8.73. The summed E-state index contributed by atoms with van der Waals surface area (Å²) in [6.07, 6.45) is 6.44. The Balaban J connectivity index is 1.35. The molecule has 0 bridgehead atoms. The number of carbonyl (C=O) groups is 2. The Bertz CT molecular complexity index is 1060. The van der Waals surface area contributed by atoms with Crippen molar-refractivity contribution in [2.24, 2.45) is 5.92 Å². The van der Waals surface area contributed by atoms with Crippen LogP contribution in [0.4, 0.5) is 5.69 Å². The molecule has 6 heteroatoms. The minimum Gasteiger partial charge on any atom is -0.448 e. The summed E-state index contributed by atoms with van der Waals surface area (Å²) in [4.78, 5) is 28.3. The summed E-state index contributed by atoms with van der Waals surface area (Å²) < 4.78 is 12.4. The molecule has 1 aliphatic carbocycles. The molecule has 2 aliphatic heterocycles. The normalized spacial score (nSPS) is 21.4. The first-order valence-electron chi connectivity index (χ1n) is 12.2. The van der Waals surface area contributed by atoms with Crippen LogP contribution in [0.25, 0.3) is 0 Å². The molecular formula is C27H32N2O4. The molecule has 1 N–H and O–H groups in total. The predicted molar refractivity (Wildman–Crippen MR) is 126 cm³/mol. The predicted octanol–water partition coefficient (Wildman–Crippen LogP) is 5.06. The Morgan fingerprint density at radius 2 is 1.79 bits per heavy atom. The van der Waals surface area contributed by atoms with Gasteiger partial charge in [-0.3, -0.25) is 9.59 Å². The second-order valence-corrected chi connectivity index (χ2v) is 9.59. The van der Waals surface area contributed by atoms with E-state index >= 15 is 0 Å². The number of fused-ring (bicyclic) bond motifs is 2. The zero-order chi connectivity index (χ0) is 23.0. The fourth-order valence-electron chi connectivity index (χ4n) is 5.14. The fraction of sp³-hybridized carbons (Fsp3) is 0.481. The second-order valence-electron chi connectivity index (χ2n) is 9.59. The SMILES string of the molecule is CCC(C)C(=O)N1Cc2ccccc2CC1C(=O)Nc1ccc2c(c1)OC1(CCCCC1)O2. The molecule has 2 amide bonds. The van der Waals surface area contributed by atoms with Crippen molar-refractivity contribution < 1.29 is 19.1 Å². The van der Waals surface area contributed by atoms with Crippen LogP contribution < -0.4 is 14.8 Å². The van der Waals surface area contributed by atoms with Crippen molar-refractivity contribution in [3.8, 4) is 11.5 Å². The van der Waals surface area contributed by atoms with Gasteiger partial charge in [0, 0.05) is 43.5 Å². The van der Waals surface area contributed by atoms with Crippen LogP contribution in [0.5, 0.6) is 11.5 Å². The molecule has 2 aromatic carbocycles. The van der Waals surface area contributed by atoms with Crippen LogP contribution in [0, 0.1) is 5.92 Å². The molecule has 1 spiro atoms. The van der Waals surface area contributed by atoms with Gasteiger partial charge >= 0.3 is 0 Å². The summed E-state index contributed by atoms with van der Waals surface area (Å²) in [5.41, 5.74) is 2.89. The highest BCUT2D eigenvalue weighted by atomic mass is 16.7. The van der Waals surface area contributed by atoms with E-state index in [4.69, 9.17) is 9.47 Å². The van der Waals surface area contributed by atoms with Crippen molar-refractivity contribution in [2.75, 3.05) is 5.32 Å². The van der Waals surface area contributed by atoms with Gasteiger partial charge in [0.25, 0.3) is 5.79 Å². The van der Waals surface area contributed by atoms with Crippen LogP contribution in [0.1, 0.15) is 63.5 Å². The molecule has 0 saturated heterocycles. The van der Waals surface area contributed by atoms with Gasteiger partial charge in [-0.25, -0.2) is 0 Å². The molecule has 1 fully saturated rings. The van der Waals surface area contributed by atoms with E-state index in [0.29, 0.717) is 24.4 Å². The maximum absolute atomic E-state index is 13.4. The molecule has 2 heterocycles. The third-order valence-electron chi connectivity index (χ3n) is 7.29. The van der Waals surface area contributed by atoms with Crippen LogP contribution in [-0.2, 0) is 22.6 Å². The molecule has 0 aromatic heterocycles. The third kappa shape index (κ3) is 4.19. The number of nitrogens with zero attached hydrogens (tertiary/aromatic N) is 1. The first-order valence-corrected chi connectivity index (χ1v) is 12.2. The lowest BCUT2D eigenvalue weighted by Crippen LogP contribution is -2.52. The number of rotatable bonds is 4. The fourth-order valence-corrected chi connectivity index (χ4v) is 5.14. The topological polar surface area (TPSA) is 67.9 Å². The minimum absolute atomic E-state index is 0.0251. The van der Waals surface area contributed by atoms with E-state index in [1.165, 1.54) is 6.42 Å².